The summed E-state index contributed by atoms with van der Waals surface area (Å²) in [5.74, 6) is -1.06. The predicted octanol–water partition coefficient (Wildman–Crippen LogP) is 2.61. The number of rotatable bonds is 9. The van der Waals surface area contributed by atoms with Crippen molar-refractivity contribution in [3.8, 4) is 11.8 Å². The topological polar surface area (TPSA) is 91.7 Å². The zero-order valence-corrected chi connectivity index (χ0v) is 15.6. The number of nitrogens with one attached hydrogen (secondary N) is 2. The van der Waals surface area contributed by atoms with E-state index in [9.17, 15) is 9.18 Å². The van der Waals surface area contributed by atoms with Crippen LogP contribution in [-0.2, 0) is 11.3 Å². The molecule has 2 rings (SSSR count). The van der Waals surface area contributed by atoms with E-state index in [2.05, 4.69) is 38.9 Å². The Kier molecular flexibility index (Phi) is 7.21. The minimum Gasteiger partial charge on any atom is -0.424 e. The number of halogens is 1. The Morgan fingerprint density at radius 3 is 2.75 bits per heavy atom. The molecule has 1 aromatic heterocycles. The highest BCUT2D eigenvalue weighted by molar-refractivity contribution is 5.90. The summed E-state index contributed by atoms with van der Waals surface area (Å²) < 4.78 is 18.3. The number of aromatic nitrogens is 2. The molecule has 0 bridgehead atoms. The van der Waals surface area contributed by atoms with Crippen LogP contribution < -0.4 is 15.5 Å². The first-order valence-electron chi connectivity index (χ1n) is 8.24. The quantitative estimate of drug-likeness (QED) is 0.299. The van der Waals surface area contributed by atoms with Gasteiger partial charge in [-0.25, -0.2) is 19.4 Å². The van der Waals surface area contributed by atoms with Gasteiger partial charge in [0.05, 0.1) is 0 Å². The summed E-state index contributed by atoms with van der Waals surface area (Å²) in [7, 11) is 1.49. The van der Waals surface area contributed by atoms with Gasteiger partial charge in [-0.15, -0.1) is 0 Å². The van der Waals surface area contributed by atoms with Crippen LogP contribution in [0.4, 0.5) is 4.39 Å². The number of aryl methyl sites for hydroxylation is 1. The Bertz CT molecular complexity index is 885. The Labute approximate surface area is 162 Å². The Morgan fingerprint density at radius 1 is 1.36 bits per heavy atom. The summed E-state index contributed by atoms with van der Waals surface area (Å²) >= 11 is 0. The first kappa shape index (κ1) is 20.6. The predicted molar refractivity (Wildman–Crippen MR) is 104 cm³/mol. The molecule has 0 atom stereocenters. The molecule has 2 N–H and O–H groups in total. The van der Waals surface area contributed by atoms with Gasteiger partial charge < -0.3 is 10.1 Å². The number of aliphatic imine (C=N–C) groups is 1. The zero-order chi connectivity index (χ0) is 20.5. The molecule has 2 aromatic rings. The second-order valence-corrected chi connectivity index (χ2v) is 5.72. The van der Waals surface area contributed by atoms with Crippen LogP contribution in [-0.4, -0.2) is 34.3 Å². The highest BCUT2D eigenvalue weighted by atomic mass is 19.1. The number of carbonyl (C=O) groups is 1. The van der Waals surface area contributed by atoms with Crippen LogP contribution in [0.25, 0.3) is 0 Å². The van der Waals surface area contributed by atoms with Crippen LogP contribution in [0.3, 0.4) is 0 Å². The third kappa shape index (κ3) is 6.52. The molecule has 28 heavy (non-hydrogen) atoms. The van der Waals surface area contributed by atoms with Gasteiger partial charge in [0.25, 0.3) is 5.91 Å². The first-order valence-corrected chi connectivity index (χ1v) is 8.24. The number of nitrogens with zero attached hydrogens (tertiary/aromatic N) is 4. The van der Waals surface area contributed by atoms with Crippen molar-refractivity contribution in [2.75, 3.05) is 7.05 Å². The van der Waals surface area contributed by atoms with Gasteiger partial charge in [0.1, 0.15) is 17.9 Å². The van der Waals surface area contributed by atoms with E-state index in [1.54, 1.807) is 18.5 Å². The summed E-state index contributed by atoms with van der Waals surface area (Å²) in [5, 5.41) is 4.25. The molecule has 0 radical (unpaired) electrons. The van der Waals surface area contributed by atoms with Crippen molar-refractivity contribution < 1.29 is 13.9 Å². The fourth-order valence-corrected chi connectivity index (χ4v) is 1.99. The lowest BCUT2D eigenvalue weighted by Crippen LogP contribution is -2.38. The molecule has 0 aliphatic heterocycles. The first-order chi connectivity index (χ1) is 13.3. The van der Waals surface area contributed by atoms with Crippen molar-refractivity contribution in [1.29, 1.82) is 0 Å². The van der Waals surface area contributed by atoms with Crippen molar-refractivity contribution in [2.24, 2.45) is 4.99 Å². The molecule has 9 heteroatoms. The standard InChI is InChI=1S/C19H21FN6O2/c1-13-6-7-17(28-19-21-8-5-9-22-19)10-16(13)11-23-15(3)24-12-26(4)25-18(27)14(2)20/h5-10,12,23H,2-3,11H2,1,4H3,(H,25,27)/b24-12-. The highest BCUT2D eigenvalue weighted by Crippen LogP contribution is 2.21. The smallest absolute Gasteiger partial charge is 0.321 e. The Balaban J connectivity index is 1.91. The van der Waals surface area contributed by atoms with E-state index in [1.807, 2.05) is 25.1 Å². The molecule has 8 nitrogen and oxygen atoms in total. The maximum absolute atomic E-state index is 12.6. The summed E-state index contributed by atoms with van der Waals surface area (Å²) in [5.41, 5.74) is 4.25. The lowest BCUT2D eigenvalue weighted by Gasteiger charge is -2.14. The summed E-state index contributed by atoms with van der Waals surface area (Å²) in [6.45, 7) is 9.12. The van der Waals surface area contributed by atoms with E-state index in [4.69, 9.17) is 4.74 Å². The molecule has 0 unspecified atom stereocenters. The molecule has 0 saturated heterocycles. The molecule has 1 aromatic carbocycles. The van der Waals surface area contributed by atoms with Crippen molar-refractivity contribution >= 4 is 12.2 Å². The fourth-order valence-electron chi connectivity index (χ4n) is 1.99. The van der Waals surface area contributed by atoms with Crippen LogP contribution in [0.5, 0.6) is 11.8 Å². The number of benzene rings is 1. The van der Waals surface area contributed by atoms with Gasteiger partial charge in [0.15, 0.2) is 5.83 Å². The molecule has 1 heterocycles. The maximum atomic E-state index is 12.6. The molecule has 0 spiro atoms. The summed E-state index contributed by atoms with van der Waals surface area (Å²) in [6, 6.07) is 7.60. The molecule has 0 aliphatic carbocycles. The van der Waals surface area contributed by atoms with E-state index in [0.717, 1.165) is 11.1 Å². The molecular formula is C19H21FN6O2. The van der Waals surface area contributed by atoms with Gasteiger partial charge in [0, 0.05) is 26.0 Å². The Hall–Kier alpha value is -3.75. The second-order valence-electron chi connectivity index (χ2n) is 5.72. The number of hydrogen-bond acceptors (Lipinski definition) is 6. The zero-order valence-electron chi connectivity index (χ0n) is 15.6. The average molecular weight is 384 g/mol. The number of carbonyl (C=O) groups excluding carboxylic acids is 1. The SMILES string of the molecule is C=C(/N=C\N(C)NC(=O)C(=C)F)NCc1cc(Oc2ncccn2)ccc1C. The number of ether oxygens (including phenoxy) is 1. The van der Waals surface area contributed by atoms with Crippen LogP contribution in [0.1, 0.15) is 11.1 Å². The van der Waals surface area contributed by atoms with Crippen molar-refractivity contribution in [3.63, 3.8) is 0 Å². The van der Waals surface area contributed by atoms with E-state index in [-0.39, 0.29) is 6.01 Å². The second kappa shape index (κ2) is 9.81. The number of hydrogen-bond donors (Lipinski definition) is 2. The van der Waals surface area contributed by atoms with Crippen LogP contribution in [0.2, 0.25) is 0 Å². The third-order valence-corrected chi connectivity index (χ3v) is 3.47. The minimum atomic E-state index is -1.09. The summed E-state index contributed by atoms with van der Waals surface area (Å²) in [6.07, 6.45) is 4.49. The number of hydrazine groups is 1. The van der Waals surface area contributed by atoms with Gasteiger partial charge in [-0.1, -0.05) is 19.2 Å². The average Bonchev–Trinajstić information content (AvgIpc) is 2.67. The maximum Gasteiger partial charge on any atom is 0.321 e. The highest BCUT2D eigenvalue weighted by Gasteiger charge is 2.07. The fraction of sp³-hybridized carbons (Fsp3) is 0.158. The molecule has 0 fully saturated rings. The number of amides is 1. The molecule has 0 aliphatic rings. The lowest BCUT2D eigenvalue weighted by molar-refractivity contribution is -0.121. The minimum absolute atomic E-state index is 0.264. The van der Waals surface area contributed by atoms with Crippen LogP contribution >= 0.6 is 0 Å². The van der Waals surface area contributed by atoms with Crippen LogP contribution in [0.15, 0.2) is 66.5 Å². The van der Waals surface area contributed by atoms with Gasteiger partial charge in [0.2, 0.25) is 0 Å². The van der Waals surface area contributed by atoms with Crippen molar-refractivity contribution in [1.82, 2.24) is 25.7 Å². The van der Waals surface area contributed by atoms with E-state index in [1.165, 1.54) is 18.4 Å². The largest absolute Gasteiger partial charge is 0.424 e. The van der Waals surface area contributed by atoms with E-state index >= 15 is 0 Å². The van der Waals surface area contributed by atoms with Gasteiger partial charge in [-0.2, -0.15) is 0 Å². The molecular weight excluding hydrogens is 363 g/mol. The van der Waals surface area contributed by atoms with Crippen molar-refractivity contribution in [3.05, 3.63) is 72.6 Å². The molecule has 1 amide bonds. The molecule has 146 valence electrons. The van der Waals surface area contributed by atoms with Gasteiger partial charge in [-0.05, 0) is 36.2 Å². The monoisotopic (exact) mass is 384 g/mol. The third-order valence-electron chi connectivity index (χ3n) is 3.47. The Morgan fingerprint density at radius 2 is 2.07 bits per heavy atom. The normalized spacial score (nSPS) is 10.4. The lowest BCUT2D eigenvalue weighted by atomic mass is 10.1. The summed E-state index contributed by atoms with van der Waals surface area (Å²) in [4.78, 5) is 23.3. The van der Waals surface area contributed by atoms with E-state index < -0.39 is 11.7 Å². The van der Waals surface area contributed by atoms with Crippen molar-refractivity contribution in [2.45, 2.75) is 13.5 Å². The van der Waals surface area contributed by atoms with Gasteiger partial charge >= 0.3 is 6.01 Å². The van der Waals surface area contributed by atoms with Crippen LogP contribution in [0, 0.1) is 6.92 Å². The van der Waals surface area contributed by atoms with E-state index in [0.29, 0.717) is 18.1 Å². The van der Waals surface area contributed by atoms with Gasteiger partial charge in [-0.3, -0.25) is 15.2 Å². The molecule has 0 saturated carbocycles.